The van der Waals surface area contributed by atoms with E-state index in [1.807, 2.05) is 26.0 Å². The molecule has 1 aromatic carbocycles. The second-order valence-corrected chi connectivity index (χ2v) is 7.58. The van der Waals surface area contributed by atoms with Gasteiger partial charge in [-0.2, -0.15) is 0 Å². The number of pyridine rings is 1. The molecule has 0 unspecified atom stereocenters. The van der Waals surface area contributed by atoms with Crippen molar-refractivity contribution in [2.24, 2.45) is 0 Å². The Morgan fingerprint density at radius 3 is 2.64 bits per heavy atom. The zero-order valence-corrected chi connectivity index (χ0v) is 14.8. The van der Waals surface area contributed by atoms with Gasteiger partial charge in [0, 0.05) is 28.9 Å². The normalized spacial score (nSPS) is 14.2. The zero-order chi connectivity index (χ0) is 17.6. The third-order valence-electron chi connectivity index (χ3n) is 4.34. The standard InChI is InChI=1S/C18H18N4O2S/c1-10(2)22-9-14(12-5-3-4-6-13(12)17(22)24)15(23)19-18-21-20-16(25-18)11-7-8-11/h3-6,9-11H,7-8H2,1-2H3,(H,19,21,23). The van der Waals surface area contributed by atoms with Gasteiger partial charge in [-0.1, -0.05) is 29.5 Å². The molecule has 1 fully saturated rings. The van der Waals surface area contributed by atoms with Crippen LogP contribution >= 0.6 is 11.3 Å². The van der Waals surface area contributed by atoms with E-state index >= 15 is 0 Å². The quantitative estimate of drug-likeness (QED) is 0.777. The maximum atomic E-state index is 12.8. The molecule has 2 aromatic heterocycles. The highest BCUT2D eigenvalue weighted by atomic mass is 32.1. The minimum atomic E-state index is -0.274. The van der Waals surface area contributed by atoms with Crippen molar-refractivity contribution in [2.45, 2.75) is 38.6 Å². The monoisotopic (exact) mass is 354 g/mol. The Kier molecular flexibility index (Phi) is 3.88. The molecule has 0 saturated heterocycles. The van der Waals surface area contributed by atoms with Gasteiger partial charge in [0.25, 0.3) is 11.5 Å². The minimum Gasteiger partial charge on any atom is -0.312 e. The summed E-state index contributed by atoms with van der Waals surface area (Å²) in [5.74, 6) is 0.232. The van der Waals surface area contributed by atoms with Crippen LogP contribution in [0.15, 0.2) is 35.3 Å². The predicted molar refractivity (Wildman–Crippen MR) is 98.4 cm³/mol. The van der Waals surface area contributed by atoms with E-state index in [-0.39, 0.29) is 17.5 Å². The third-order valence-corrected chi connectivity index (χ3v) is 5.34. The lowest BCUT2D eigenvalue weighted by atomic mass is 10.1. The summed E-state index contributed by atoms with van der Waals surface area (Å²) < 4.78 is 1.59. The Bertz CT molecular complexity index is 1020. The third kappa shape index (κ3) is 2.95. The summed E-state index contributed by atoms with van der Waals surface area (Å²) in [7, 11) is 0. The van der Waals surface area contributed by atoms with Crippen LogP contribution in [0.25, 0.3) is 10.8 Å². The van der Waals surface area contributed by atoms with Crippen molar-refractivity contribution in [1.82, 2.24) is 14.8 Å². The summed E-state index contributed by atoms with van der Waals surface area (Å²) >= 11 is 1.42. The molecule has 1 amide bonds. The first-order valence-electron chi connectivity index (χ1n) is 8.33. The molecule has 1 aliphatic rings. The van der Waals surface area contributed by atoms with E-state index in [1.165, 1.54) is 11.3 Å². The Morgan fingerprint density at radius 1 is 1.24 bits per heavy atom. The number of nitrogens with zero attached hydrogens (tertiary/aromatic N) is 3. The topological polar surface area (TPSA) is 76.9 Å². The van der Waals surface area contributed by atoms with Crippen LogP contribution in [0.4, 0.5) is 5.13 Å². The Hall–Kier alpha value is -2.54. The molecule has 0 spiro atoms. The fourth-order valence-electron chi connectivity index (χ4n) is 2.82. The van der Waals surface area contributed by atoms with Crippen molar-refractivity contribution < 1.29 is 4.79 Å². The highest BCUT2D eigenvalue weighted by molar-refractivity contribution is 7.15. The molecule has 128 valence electrons. The molecule has 4 rings (SSSR count). The predicted octanol–water partition coefficient (Wildman–Crippen LogP) is 3.56. The van der Waals surface area contributed by atoms with Gasteiger partial charge in [0.1, 0.15) is 5.01 Å². The van der Waals surface area contributed by atoms with E-state index < -0.39 is 0 Å². The highest BCUT2D eigenvalue weighted by Gasteiger charge is 2.28. The maximum Gasteiger partial charge on any atom is 0.259 e. The number of nitrogens with one attached hydrogen (secondary N) is 1. The lowest BCUT2D eigenvalue weighted by Crippen LogP contribution is -2.25. The molecule has 7 heteroatoms. The molecule has 0 radical (unpaired) electrons. The van der Waals surface area contributed by atoms with Gasteiger partial charge < -0.3 is 4.57 Å². The van der Waals surface area contributed by atoms with Crippen LogP contribution in [0, 0.1) is 0 Å². The fraction of sp³-hybridized carbons (Fsp3) is 0.333. The van der Waals surface area contributed by atoms with Crippen molar-refractivity contribution in [3.05, 3.63) is 51.4 Å². The number of benzene rings is 1. The summed E-state index contributed by atoms with van der Waals surface area (Å²) in [5, 5.41) is 13.7. The van der Waals surface area contributed by atoms with E-state index in [1.54, 1.807) is 22.9 Å². The average Bonchev–Trinajstić information content (AvgIpc) is 3.35. The molecule has 2 heterocycles. The lowest BCUT2D eigenvalue weighted by molar-refractivity contribution is 0.102. The van der Waals surface area contributed by atoms with Gasteiger partial charge in [-0.3, -0.25) is 14.9 Å². The lowest BCUT2D eigenvalue weighted by Gasteiger charge is -2.14. The van der Waals surface area contributed by atoms with Gasteiger partial charge in [0.2, 0.25) is 5.13 Å². The average molecular weight is 354 g/mol. The molecule has 1 saturated carbocycles. The molecule has 0 atom stereocenters. The van der Waals surface area contributed by atoms with Crippen LogP contribution in [0.5, 0.6) is 0 Å². The van der Waals surface area contributed by atoms with E-state index in [2.05, 4.69) is 15.5 Å². The maximum absolute atomic E-state index is 12.8. The van der Waals surface area contributed by atoms with Gasteiger partial charge in [0.05, 0.1) is 5.56 Å². The van der Waals surface area contributed by atoms with E-state index in [4.69, 9.17) is 0 Å². The van der Waals surface area contributed by atoms with E-state index in [0.29, 0.717) is 27.4 Å². The summed E-state index contributed by atoms with van der Waals surface area (Å²) in [6.07, 6.45) is 3.92. The number of aromatic nitrogens is 3. The molecule has 1 aliphatic carbocycles. The number of anilines is 1. The second kappa shape index (κ2) is 6.07. The Morgan fingerprint density at radius 2 is 1.96 bits per heavy atom. The van der Waals surface area contributed by atoms with Crippen LogP contribution in [-0.4, -0.2) is 20.7 Å². The van der Waals surface area contributed by atoms with Crippen molar-refractivity contribution in [1.29, 1.82) is 0 Å². The smallest absolute Gasteiger partial charge is 0.259 e. The van der Waals surface area contributed by atoms with Crippen molar-refractivity contribution >= 4 is 33.1 Å². The number of hydrogen-bond donors (Lipinski definition) is 1. The van der Waals surface area contributed by atoms with Gasteiger partial charge in [0.15, 0.2) is 0 Å². The second-order valence-electron chi connectivity index (χ2n) is 6.57. The summed E-state index contributed by atoms with van der Waals surface area (Å²) in [6, 6.07) is 7.15. The first-order valence-corrected chi connectivity index (χ1v) is 9.15. The number of carbonyl (C=O) groups excluding carboxylic acids is 1. The van der Waals surface area contributed by atoms with Gasteiger partial charge in [-0.05, 0) is 32.8 Å². The summed E-state index contributed by atoms with van der Waals surface area (Å²) in [5.41, 5.74) is 0.376. The number of amides is 1. The fourth-order valence-corrected chi connectivity index (χ4v) is 3.73. The van der Waals surface area contributed by atoms with Crippen LogP contribution in [0.1, 0.15) is 54.0 Å². The number of fused-ring (bicyclic) bond motifs is 1. The van der Waals surface area contributed by atoms with Gasteiger partial charge >= 0.3 is 0 Å². The Labute approximate surface area is 148 Å². The van der Waals surface area contributed by atoms with Crippen molar-refractivity contribution in [3.8, 4) is 0 Å². The van der Waals surface area contributed by atoms with Crippen LogP contribution in [0.3, 0.4) is 0 Å². The van der Waals surface area contributed by atoms with Gasteiger partial charge in [-0.15, -0.1) is 10.2 Å². The van der Waals surface area contributed by atoms with Crippen molar-refractivity contribution in [3.63, 3.8) is 0 Å². The summed E-state index contributed by atoms with van der Waals surface area (Å²) in [4.78, 5) is 25.4. The first kappa shape index (κ1) is 16.0. The van der Waals surface area contributed by atoms with Crippen molar-refractivity contribution in [2.75, 3.05) is 5.32 Å². The van der Waals surface area contributed by atoms with Crippen LogP contribution < -0.4 is 10.9 Å². The largest absolute Gasteiger partial charge is 0.312 e. The number of rotatable bonds is 4. The molecular weight excluding hydrogens is 336 g/mol. The molecular formula is C18H18N4O2S. The first-order chi connectivity index (χ1) is 12.0. The molecule has 0 bridgehead atoms. The Balaban J connectivity index is 1.74. The van der Waals surface area contributed by atoms with Crippen LogP contribution in [0.2, 0.25) is 0 Å². The molecule has 0 aliphatic heterocycles. The van der Waals surface area contributed by atoms with E-state index in [0.717, 1.165) is 17.8 Å². The highest BCUT2D eigenvalue weighted by Crippen LogP contribution is 2.42. The van der Waals surface area contributed by atoms with E-state index in [9.17, 15) is 9.59 Å². The van der Waals surface area contributed by atoms with Crippen LogP contribution in [-0.2, 0) is 0 Å². The number of carbonyl (C=O) groups is 1. The minimum absolute atomic E-state index is 0.0355. The molecule has 1 N–H and O–H groups in total. The zero-order valence-electron chi connectivity index (χ0n) is 14.0. The summed E-state index contributed by atoms with van der Waals surface area (Å²) in [6.45, 7) is 3.84. The molecule has 6 nitrogen and oxygen atoms in total. The molecule has 25 heavy (non-hydrogen) atoms. The molecule has 3 aromatic rings. The number of hydrogen-bond acceptors (Lipinski definition) is 5. The SMILES string of the molecule is CC(C)n1cc(C(=O)Nc2nnc(C3CC3)s2)c2ccccc2c1=O. The van der Waals surface area contributed by atoms with Gasteiger partial charge in [-0.25, -0.2) is 0 Å².